The Bertz CT molecular complexity index is 90.1. The van der Waals surface area contributed by atoms with E-state index >= 15 is 0 Å². The Morgan fingerprint density at radius 2 is 1.60 bits per heavy atom. The summed E-state index contributed by atoms with van der Waals surface area (Å²) in [4.78, 5) is 0. The zero-order valence-corrected chi connectivity index (χ0v) is 3.16. The molecule has 0 aliphatic carbocycles. The van der Waals surface area contributed by atoms with Crippen molar-refractivity contribution in [3.8, 4) is 0 Å². The van der Waals surface area contributed by atoms with Crippen molar-refractivity contribution in [2.24, 2.45) is 0 Å². The van der Waals surface area contributed by atoms with Crippen molar-refractivity contribution in [2.45, 2.75) is 0 Å². The first kappa shape index (κ1) is 5.01. The van der Waals surface area contributed by atoms with E-state index in [0.29, 0.717) is 0 Å². The molecule has 5 heteroatoms. The minimum atomic E-state index is -5.88. The van der Waals surface area contributed by atoms with Gasteiger partial charge in [0.15, 0.2) is 0 Å². The molecule has 0 spiro atoms. The van der Waals surface area contributed by atoms with Crippen molar-refractivity contribution in [3.05, 3.63) is 0 Å². The van der Waals surface area contributed by atoms with Crippen molar-refractivity contribution in [2.75, 3.05) is 0 Å². The van der Waals surface area contributed by atoms with Crippen LogP contribution in [0.3, 0.4) is 0 Å². The fourth-order valence-electron chi connectivity index (χ4n) is 0. The third kappa shape index (κ3) is 180000. The maximum absolute atomic E-state index is 10.2. The van der Waals surface area contributed by atoms with E-state index in [1.807, 2.05) is 0 Å². The molecule has 0 saturated heterocycles. The van der Waals surface area contributed by atoms with E-state index < -0.39 is 13.5 Å². The van der Waals surface area contributed by atoms with Gasteiger partial charge >= 0.3 is 28.9 Å². The van der Waals surface area contributed by atoms with Gasteiger partial charge in [-0.05, 0) is 0 Å². The Balaban J connectivity index is 4.06. The molecule has 0 aromatic rings. The van der Waals surface area contributed by atoms with E-state index in [9.17, 15) is 3.55 Å². The first-order chi connectivity index (χ1) is 2.00. The summed E-state index contributed by atoms with van der Waals surface area (Å²) in [7, 11) is 0. The van der Waals surface area contributed by atoms with Crippen LogP contribution in [0.5, 0.6) is 0 Å². The van der Waals surface area contributed by atoms with Crippen LogP contribution >= 0.6 is 0 Å². The van der Waals surface area contributed by atoms with Crippen molar-refractivity contribution >= 4 is 0 Å². The molecule has 0 aliphatic rings. The van der Waals surface area contributed by atoms with Crippen molar-refractivity contribution in [1.29, 1.82) is 0 Å². The van der Waals surface area contributed by atoms with Crippen LogP contribution in [0, 0.1) is 0 Å². The van der Waals surface area contributed by atoms with Gasteiger partial charge in [-0.3, -0.25) is 0 Å². The fraction of sp³-hybridized carbons (Fsp3) is 0. The van der Waals surface area contributed by atoms with E-state index in [1.165, 1.54) is 0 Å². The van der Waals surface area contributed by atoms with Crippen LogP contribution in [0.4, 0.5) is 3.55 Å². The molecular weight excluding hydrogens is 122 g/mol. The van der Waals surface area contributed by atoms with E-state index in [-0.39, 0.29) is 0 Å². The first-order valence-electron chi connectivity index (χ1n) is 0.606. The van der Waals surface area contributed by atoms with Gasteiger partial charge in [-0.25, -0.2) is 0 Å². The second-order valence-electron chi connectivity index (χ2n) is 0.364. The van der Waals surface area contributed by atoms with Crippen molar-refractivity contribution in [3.63, 3.8) is 0 Å². The predicted octanol–water partition coefficient (Wildman–Crippen LogP) is -1.01. The molecule has 33 valence electrons. The molecule has 3 nitrogen and oxygen atoms in total. The third-order valence-electron chi connectivity index (χ3n) is 0. The summed E-state index contributed by atoms with van der Waals surface area (Å²) in [6, 6.07) is 0. The van der Waals surface area contributed by atoms with Crippen LogP contribution in [0.15, 0.2) is 0 Å². The summed E-state index contributed by atoms with van der Waals surface area (Å²) in [5, 5.41) is 0. The molecule has 0 rings (SSSR count). The predicted molar refractivity (Wildman–Crippen MR) is 2.48 cm³/mol. The number of hydrogen-bond donors (Lipinski definition) is 0. The van der Waals surface area contributed by atoms with Crippen molar-refractivity contribution in [1.82, 2.24) is 0 Å². The van der Waals surface area contributed by atoms with E-state index in [4.69, 9.17) is 11.9 Å². The van der Waals surface area contributed by atoms with Gasteiger partial charge in [-0.1, -0.05) is 0 Å². The Labute approximate surface area is 29.8 Å². The summed E-state index contributed by atoms with van der Waals surface area (Å²) < 4.78 is 35.6. The Morgan fingerprint density at radius 3 is 1.60 bits per heavy atom. The molecule has 0 saturated carbocycles. The number of halogens is 1. The minimum absolute atomic E-state index is 5.88. The van der Waals surface area contributed by atoms with Gasteiger partial charge in [0.05, 0.1) is 0 Å². The SMILES string of the molecule is [O]=[Mn](=[O])([O-])[F]. The molecule has 0 fully saturated rings. The Hall–Kier alpha value is 0.00948. The first-order valence-corrected chi connectivity index (χ1v) is 2.50. The van der Waals surface area contributed by atoms with Crippen LogP contribution < -0.4 is 4.19 Å². The summed E-state index contributed by atoms with van der Waals surface area (Å²) >= 11 is -5.88. The van der Waals surface area contributed by atoms with Crippen LogP contribution in [-0.4, -0.2) is 0 Å². The molecule has 0 heterocycles. The zero-order valence-electron chi connectivity index (χ0n) is 1.98. The van der Waals surface area contributed by atoms with Gasteiger partial charge in [-0.2, -0.15) is 0 Å². The molecule has 0 radical (unpaired) electrons. The average molecular weight is 122 g/mol. The van der Waals surface area contributed by atoms with E-state index in [1.54, 1.807) is 0 Å². The Morgan fingerprint density at radius 1 is 1.60 bits per heavy atom. The Kier molecular flexibility index (Phi) is 1.01. The van der Waals surface area contributed by atoms with Gasteiger partial charge < -0.3 is 0 Å². The van der Waals surface area contributed by atoms with Crippen molar-refractivity contribution < 1.29 is 28.9 Å². The molecule has 0 atom stereocenters. The molecule has 0 amide bonds. The molecule has 0 aromatic heterocycles. The van der Waals surface area contributed by atoms with E-state index in [2.05, 4.69) is 0 Å². The normalized spacial score (nSPS) is 11.6. The van der Waals surface area contributed by atoms with Crippen LogP contribution in [0.25, 0.3) is 0 Å². The molecule has 5 heavy (non-hydrogen) atoms. The molecule has 0 unspecified atom stereocenters. The van der Waals surface area contributed by atoms with Gasteiger partial charge in [0.1, 0.15) is 0 Å². The standard InChI is InChI=1S/FH.Mn.3O/h1H;;;;/q;+1;;;-1/p-1. The zero-order chi connectivity index (χ0) is 4.50. The quantitative estimate of drug-likeness (QED) is 0.387. The fourth-order valence-corrected chi connectivity index (χ4v) is 0. The van der Waals surface area contributed by atoms with Gasteiger partial charge in [-0.15, -0.1) is 0 Å². The summed E-state index contributed by atoms with van der Waals surface area (Å²) in [6.45, 7) is 0. The molecule has 0 aromatic carbocycles. The second kappa shape index (κ2) is 1.01. The maximum atomic E-state index is 10.2. The van der Waals surface area contributed by atoms with Gasteiger partial charge in [0.2, 0.25) is 0 Å². The summed E-state index contributed by atoms with van der Waals surface area (Å²) in [6.07, 6.45) is 0. The topological polar surface area (TPSA) is 57.2 Å². The molecular formula is FMnO3-. The van der Waals surface area contributed by atoms with Crippen LogP contribution in [-0.2, 0) is 21.2 Å². The van der Waals surface area contributed by atoms with Crippen LogP contribution in [0.1, 0.15) is 0 Å². The molecule has 0 N–H and O–H groups in total. The monoisotopic (exact) mass is 122 g/mol. The average Bonchev–Trinajstić information content (AvgIpc) is 0.722. The number of hydrogen-bond acceptors (Lipinski definition) is 3. The summed E-state index contributed by atoms with van der Waals surface area (Å²) in [5.74, 6) is 0. The number of rotatable bonds is 0. The van der Waals surface area contributed by atoms with Gasteiger partial charge in [0, 0.05) is 0 Å². The van der Waals surface area contributed by atoms with E-state index in [0.717, 1.165) is 0 Å². The van der Waals surface area contributed by atoms with Gasteiger partial charge in [0.25, 0.3) is 0 Å². The third-order valence-corrected chi connectivity index (χ3v) is 0. The summed E-state index contributed by atoms with van der Waals surface area (Å²) in [5.41, 5.74) is 0. The second-order valence-corrected chi connectivity index (χ2v) is 1.50. The molecule has 0 aliphatic heterocycles. The molecule has 0 bridgehead atoms. The van der Waals surface area contributed by atoms with Crippen LogP contribution in [0.2, 0.25) is 0 Å².